The number of nitriles is 2. The Bertz CT molecular complexity index is 2820. The van der Waals surface area contributed by atoms with Gasteiger partial charge in [0, 0.05) is 32.7 Å². The zero-order chi connectivity index (χ0) is 35.8. The Morgan fingerprint density at radius 3 is 1.59 bits per heavy atom. The number of aryl methyl sites for hydroxylation is 1. The van der Waals surface area contributed by atoms with Crippen LogP contribution in [0.25, 0.3) is 66.1 Å². The van der Waals surface area contributed by atoms with Crippen LogP contribution in [-0.4, -0.2) is 9.13 Å². The summed E-state index contributed by atoms with van der Waals surface area (Å²) >= 11 is 0. The summed E-state index contributed by atoms with van der Waals surface area (Å²) in [6.07, 6.45) is -9.30. The minimum absolute atomic E-state index is 0.153. The van der Waals surface area contributed by atoms with Gasteiger partial charge < -0.3 is 9.13 Å². The molecule has 0 fully saturated rings. The molecule has 2 aromatic heterocycles. The van der Waals surface area contributed by atoms with Crippen molar-refractivity contribution < 1.29 is 26.3 Å². The van der Waals surface area contributed by atoms with Gasteiger partial charge in [0.1, 0.15) is 6.07 Å². The highest BCUT2D eigenvalue weighted by molar-refractivity contribution is 6.11. The van der Waals surface area contributed by atoms with Gasteiger partial charge in [-0.05, 0) is 73.7 Å². The summed E-state index contributed by atoms with van der Waals surface area (Å²) in [5.41, 5.74) is 2.77. The van der Waals surface area contributed by atoms with E-state index in [9.17, 15) is 36.9 Å². The highest BCUT2D eigenvalue weighted by atomic mass is 19.4. The normalized spacial score (nSPS) is 12.2. The van der Waals surface area contributed by atoms with Crippen molar-refractivity contribution in [1.82, 2.24) is 9.13 Å². The van der Waals surface area contributed by atoms with Crippen LogP contribution < -0.4 is 0 Å². The van der Waals surface area contributed by atoms with E-state index in [0.29, 0.717) is 33.1 Å². The lowest BCUT2D eigenvalue weighted by Gasteiger charge is -2.20. The number of halogens is 6. The number of hydrogen-bond donors (Lipinski definition) is 0. The molecule has 0 N–H and O–H groups in total. The van der Waals surface area contributed by atoms with Gasteiger partial charge in [0.05, 0.1) is 61.8 Å². The number of alkyl halides is 6. The van der Waals surface area contributed by atoms with Crippen LogP contribution in [0.1, 0.15) is 27.8 Å². The Morgan fingerprint density at radius 2 is 0.980 bits per heavy atom. The quantitative estimate of drug-likeness (QED) is 0.174. The molecule has 51 heavy (non-hydrogen) atoms. The molecule has 8 rings (SSSR count). The molecule has 248 valence electrons. The first-order valence-electron chi connectivity index (χ1n) is 15.7. The van der Waals surface area contributed by atoms with Crippen LogP contribution in [0.3, 0.4) is 0 Å². The van der Waals surface area contributed by atoms with E-state index in [1.807, 2.05) is 60.0 Å². The maximum atomic E-state index is 13.9. The van der Waals surface area contributed by atoms with Crippen molar-refractivity contribution >= 4 is 43.6 Å². The largest absolute Gasteiger partial charge is 0.416 e. The van der Waals surface area contributed by atoms with Crippen LogP contribution in [0.15, 0.2) is 115 Å². The van der Waals surface area contributed by atoms with Crippen LogP contribution in [0.2, 0.25) is 0 Å². The van der Waals surface area contributed by atoms with Gasteiger partial charge in [-0.2, -0.15) is 36.9 Å². The smallest absolute Gasteiger partial charge is 0.309 e. The second-order valence-electron chi connectivity index (χ2n) is 12.3. The fourth-order valence-corrected chi connectivity index (χ4v) is 7.06. The minimum atomic E-state index is -4.70. The maximum absolute atomic E-state index is 13.9. The summed E-state index contributed by atoms with van der Waals surface area (Å²) in [5.74, 6) is 0. The third-order valence-electron chi connectivity index (χ3n) is 9.30. The van der Waals surface area contributed by atoms with E-state index < -0.39 is 23.5 Å². The van der Waals surface area contributed by atoms with Crippen LogP contribution in [0.4, 0.5) is 26.3 Å². The van der Waals surface area contributed by atoms with E-state index in [2.05, 4.69) is 6.07 Å². The maximum Gasteiger partial charge on any atom is 0.416 e. The van der Waals surface area contributed by atoms with Crippen molar-refractivity contribution in [3.63, 3.8) is 0 Å². The molecule has 8 aromatic rings. The average Bonchev–Trinajstić information content (AvgIpc) is 3.62. The number of fused-ring (bicyclic) bond motifs is 6. The molecule has 6 aromatic carbocycles. The third-order valence-corrected chi connectivity index (χ3v) is 9.30. The van der Waals surface area contributed by atoms with Crippen molar-refractivity contribution in [2.45, 2.75) is 19.3 Å². The fraction of sp³-hybridized carbons (Fsp3) is 0.0732. The molecule has 0 amide bonds. The van der Waals surface area contributed by atoms with Gasteiger partial charge in [-0.25, -0.2) is 0 Å². The fourth-order valence-electron chi connectivity index (χ4n) is 7.06. The van der Waals surface area contributed by atoms with E-state index in [-0.39, 0.29) is 22.4 Å². The van der Waals surface area contributed by atoms with Crippen molar-refractivity contribution in [1.29, 1.82) is 10.5 Å². The molecule has 0 radical (unpaired) electrons. The number of hydrogen-bond acceptors (Lipinski definition) is 2. The highest BCUT2D eigenvalue weighted by Gasteiger charge is 2.33. The number of rotatable bonds is 3. The molecular weight excluding hydrogens is 662 g/mol. The predicted molar refractivity (Wildman–Crippen MR) is 185 cm³/mol. The van der Waals surface area contributed by atoms with Crippen molar-refractivity contribution in [3.05, 3.63) is 143 Å². The van der Waals surface area contributed by atoms with E-state index >= 15 is 0 Å². The van der Waals surface area contributed by atoms with E-state index in [0.717, 1.165) is 51.6 Å². The molecule has 0 saturated carbocycles. The number of nitrogens with zero attached hydrogens (tertiary/aromatic N) is 4. The standard InChI is InChI=1S/C41H22F6N4/c1-23-10-14-36-31(16-23)29-6-2-5-9-35(29)51(36)39-18-25(22-49)38(20-33(39)28-13-11-26(40(42,43)44)17-24(28)21-48)50-34-8-4-3-7-30(34)32-19-27(41(45,46)47)12-15-37(32)50/h2-20H,1H3. The van der Waals surface area contributed by atoms with E-state index in [1.165, 1.54) is 12.1 Å². The molecule has 0 bridgehead atoms. The van der Waals surface area contributed by atoms with Gasteiger partial charge >= 0.3 is 12.4 Å². The number of para-hydroxylation sites is 2. The van der Waals surface area contributed by atoms with Gasteiger partial charge in [-0.1, -0.05) is 54.1 Å². The summed E-state index contributed by atoms with van der Waals surface area (Å²) in [6.45, 7) is 1.96. The number of aromatic nitrogens is 2. The van der Waals surface area contributed by atoms with Crippen molar-refractivity contribution in [2.24, 2.45) is 0 Å². The second kappa shape index (κ2) is 11.3. The first kappa shape index (κ1) is 31.7. The lowest BCUT2D eigenvalue weighted by Crippen LogP contribution is -2.07. The van der Waals surface area contributed by atoms with Crippen molar-refractivity contribution in [3.8, 4) is 34.6 Å². The van der Waals surface area contributed by atoms with Crippen LogP contribution in [0.5, 0.6) is 0 Å². The SMILES string of the molecule is Cc1ccc2c(c1)c1ccccc1n2-c1cc(C#N)c(-n2c3ccccc3c3cc(C(F)(F)F)ccc32)cc1-c1ccc(C(F)(F)F)cc1C#N. The lowest BCUT2D eigenvalue weighted by atomic mass is 9.94. The molecule has 0 spiro atoms. The summed E-state index contributed by atoms with van der Waals surface area (Å²) in [4.78, 5) is 0. The zero-order valence-corrected chi connectivity index (χ0v) is 26.5. The minimum Gasteiger partial charge on any atom is -0.309 e. The first-order valence-corrected chi connectivity index (χ1v) is 15.7. The molecule has 0 aliphatic carbocycles. The lowest BCUT2D eigenvalue weighted by molar-refractivity contribution is -0.138. The van der Waals surface area contributed by atoms with Crippen LogP contribution in [-0.2, 0) is 12.4 Å². The zero-order valence-electron chi connectivity index (χ0n) is 26.5. The van der Waals surface area contributed by atoms with Gasteiger partial charge in [0.2, 0.25) is 0 Å². The Kier molecular flexibility index (Phi) is 7.00. The van der Waals surface area contributed by atoms with E-state index in [4.69, 9.17) is 0 Å². The summed E-state index contributed by atoms with van der Waals surface area (Å²) < 4.78 is 86.7. The molecular formula is C41H22F6N4. The summed E-state index contributed by atoms with van der Waals surface area (Å²) in [6, 6.07) is 34.2. The summed E-state index contributed by atoms with van der Waals surface area (Å²) in [7, 11) is 0. The number of benzene rings is 6. The van der Waals surface area contributed by atoms with Gasteiger partial charge in [0.25, 0.3) is 0 Å². The molecule has 10 heteroatoms. The van der Waals surface area contributed by atoms with Gasteiger partial charge in [-0.15, -0.1) is 0 Å². The van der Waals surface area contributed by atoms with Gasteiger partial charge in [0.15, 0.2) is 0 Å². The Hall–Kier alpha value is -6.52. The molecule has 0 atom stereocenters. The van der Waals surface area contributed by atoms with Crippen LogP contribution in [0, 0.1) is 29.6 Å². The molecule has 4 nitrogen and oxygen atoms in total. The van der Waals surface area contributed by atoms with E-state index in [1.54, 1.807) is 41.0 Å². The average molecular weight is 685 g/mol. The molecule has 0 unspecified atom stereocenters. The first-order chi connectivity index (χ1) is 24.4. The molecule has 0 aliphatic heterocycles. The van der Waals surface area contributed by atoms with Gasteiger partial charge in [-0.3, -0.25) is 0 Å². The Labute approximate surface area is 286 Å². The third kappa shape index (κ3) is 4.99. The molecule has 2 heterocycles. The monoisotopic (exact) mass is 684 g/mol. The Balaban J connectivity index is 1.53. The van der Waals surface area contributed by atoms with Crippen LogP contribution >= 0.6 is 0 Å². The predicted octanol–water partition coefficient (Wildman–Crippen LogP) is 11.6. The molecule has 0 aliphatic rings. The van der Waals surface area contributed by atoms with Crippen molar-refractivity contribution in [2.75, 3.05) is 0 Å². The topological polar surface area (TPSA) is 57.4 Å². The second-order valence-corrected chi connectivity index (χ2v) is 12.3. The summed E-state index contributed by atoms with van der Waals surface area (Å²) in [5, 5.41) is 23.5. The Morgan fingerprint density at radius 1 is 0.471 bits per heavy atom. The molecule has 0 saturated heterocycles. The highest BCUT2D eigenvalue weighted by Crippen LogP contribution is 2.43.